The van der Waals surface area contributed by atoms with Gasteiger partial charge in [0.2, 0.25) is 5.91 Å². The fourth-order valence-corrected chi connectivity index (χ4v) is 2.59. The van der Waals surface area contributed by atoms with Crippen LogP contribution in [0, 0.1) is 5.82 Å². The van der Waals surface area contributed by atoms with Gasteiger partial charge in [-0.2, -0.15) is 0 Å². The maximum absolute atomic E-state index is 13.8. The average molecular weight is 356 g/mol. The van der Waals surface area contributed by atoms with E-state index in [-0.39, 0.29) is 12.3 Å². The highest BCUT2D eigenvalue weighted by molar-refractivity contribution is 5.78. The smallest absolute Gasteiger partial charge is 0.278 e. The van der Waals surface area contributed by atoms with Crippen LogP contribution in [0.2, 0.25) is 0 Å². The number of amides is 1. The molecule has 26 heavy (non-hydrogen) atoms. The number of rotatable bonds is 5. The van der Waals surface area contributed by atoms with Gasteiger partial charge in [0.05, 0.1) is 18.5 Å². The minimum Gasteiger partial charge on any atom is -0.494 e. The van der Waals surface area contributed by atoms with Crippen molar-refractivity contribution in [2.75, 3.05) is 7.11 Å². The number of carbonyl (C=O) groups is 1. The van der Waals surface area contributed by atoms with Gasteiger partial charge in [-0.25, -0.2) is 9.07 Å². The number of ether oxygens (including phenoxy) is 1. The van der Waals surface area contributed by atoms with Crippen LogP contribution in [0.25, 0.3) is 10.9 Å². The molecule has 0 radical (unpaired) electrons. The third kappa shape index (κ3) is 3.53. The molecule has 1 aromatic heterocycles. The summed E-state index contributed by atoms with van der Waals surface area (Å²) in [5.74, 6) is -0.812. The Morgan fingerprint density at radius 2 is 2.08 bits per heavy atom. The summed E-state index contributed by atoms with van der Waals surface area (Å²) in [4.78, 5) is 24.6. The monoisotopic (exact) mass is 356 g/mol. The van der Waals surface area contributed by atoms with Gasteiger partial charge in [-0.1, -0.05) is 23.4 Å². The molecule has 0 bridgehead atoms. The lowest BCUT2D eigenvalue weighted by atomic mass is 10.1. The standard InChI is InChI=1S/C18H17FN4O3/c1-11(12-7-8-16(26-2)14(19)9-12)20-17(24)10-23-18(25)13-5-3-4-6-15(13)21-22-23/h3-9,11H,10H2,1-2H3,(H,20,24). The van der Waals surface area contributed by atoms with Crippen LogP contribution in [0.1, 0.15) is 18.5 Å². The van der Waals surface area contributed by atoms with Crippen molar-refractivity contribution >= 4 is 16.8 Å². The van der Waals surface area contributed by atoms with Crippen molar-refractivity contribution in [3.05, 3.63) is 64.2 Å². The third-order valence-corrected chi connectivity index (χ3v) is 3.98. The maximum Gasteiger partial charge on any atom is 0.278 e. The third-order valence-electron chi connectivity index (χ3n) is 3.98. The number of fused-ring (bicyclic) bond motifs is 1. The molecule has 2 aromatic carbocycles. The number of halogens is 1. The number of hydrogen-bond donors (Lipinski definition) is 1. The molecule has 0 spiro atoms. The van der Waals surface area contributed by atoms with Gasteiger partial charge >= 0.3 is 0 Å². The van der Waals surface area contributed by atoms with E-state index in [1.54, 1.807) is 37.3 Å². The summed E-state index contributed by atoms with van der Waals surface area (Å²) in [6, 6.07) is 10.8. The van der Waals surface area contributed by atoms with E-state index >= 15 is 0 Å². The Morgan fingerprint density at radius 1 is 1.31 bits per heavy atom. The minimum absolute atomic E-state index is 0.130. The predicted octanol–water partition coefficient (Wildman–Crippen LogP) is 1.82. The van der Waals surface area contributed by atoms with Crippen LogP contribution in [-0.2, 0) is 11.3 Å². The largest absolute Gasteiger partial charge is 0.494 e. The number of hydrogen-bond acceptors (Lipinski definition) is 5. The van der Waals surface area contributed by atoms with Gasteiger partial charge in [0.15, 0.2) is 11.6 Å². The molecule has 1 amide bonds. The van der Waals surface area contributed by atoms with Gasteiger partial charge in [0.25, 0.3) is 5.56 Å². The van der Waals surface area contributed by atoms with Gasteiger partial charge in [-0.15, -0.1) is 5.10 Å². The lowest BCUT2D eigenvalue weighted by molar-refractivity contribution is -0.122. The van der Waals surface area contributed by atoms with E-state index in [1.807, 2.05) is 0 Å². The van der Waals surface area contributed by atoms with Crippen LogP contribution in [0.15, 0.2) is 47.3 Å². The molecule has 3 rings (SSSR count). The molecule has 8 heteroatoms. The molecular formula is C18H17FN4O3. The number of methoxy groups -OCH3 is 1. The Morgan fingerprint density at radius 3 is 2.81 bits per heavy atom. The van der Waals surface area contributed by atoms with Crippen molar-refractivity contribution in [3.63, 3.8) is 0 Å². The van der Waals surface area contributed by atoms with E-state index in [0.717, 1.165) is 4.68 Å². The molecule has 0 aliphatic rings. The van der Waals surface area contributed by atoms with Gasteiger partial charge in [-0.05, 0) is 36.8 Å². The Balaban J connectivity index is 1.73. The zero-order valence-electron chi connectivity index (χ0n) is 14.3. The van der Waals surface area contributed by atoms with Gasteiger partial charge in [-0.3, -0.25) is 9.59 Å². The molecule has 0 aliphatic carbocycles. The molecule has 0 saturated heterocycles. The second-order valence-electron chi connectivity index (χ2n) is 5.75. The number of aromatic nitrogens is 3. The first kappa shape index (κ1) is 17.5. The zero-order chi connectivity index (χ0) is 18.7. The maximum atomic E-state index is 13.8. The molecule has 3 aromatic rings. The van der Waals surface area contributed by atoms with Crippen LogP contribution in [0.4, 0.5) is 4.39 Å². The number of nitrogens with zero attached hydrogens (tertiary/aromatic N) is 3. The molecule has 0 fully saturated rings. The Kier molecular flexibility index (Phi) is 4.92. The second kappa shape index (κ2) is 7.30. The SMILES string of the molecule is COc1ccc(C(C)NC(=O)Cn2nnc3ccccc3c2=O)cc1F. The number of nitrogens with one attached hydrogen (secondary N) is 1. The van der Waals surface area contributed by atoms with E-state index in [4.69, 9.17) is 4.74 Å². The van der Waals surface area contributed by atoms with E-state index < -0.39 is 23.3 Å². The van der Waals surface area contributed by atoms with E-state index in [0.29, 0.717) is 16.5 Å². The fourth-order valence-electron chi connectivity index (χ4n) is 2.59. The quantitative estimate of drug-likeness (QED) is 0.754. The Labute approximate surface area is 148 Å². The summed E-state index contributed by atoms with van der Waals surface area (Å²) in [7, 11) is 1.38. The molecular weight excluding hydrogens is 339 g/mol. The molecule has 0 saturated carbocycles. The molecule has 0 aliphatic heterocycles. The summed E-state index contributed by atoms with van der Waals surface area (Å²) in [6.45, 7) is 1.44. The molecule has 1 N–H and O–H groups in total. The molecule has 134 valence electrons. The van der Waals surface area contributed by atoms with Crippen LogP contribution < -0.4 is 15.6 Å². The van der Waals surface area contributed by atoms with Crippen LogP contribution in [0.5, 0.6) is 5.75 Å². The van der Waals surface area contributed by atoms with Gasteiger partial charge < -0.3 is 10.1 Å². The van der Waals surface area contributed by atoms with Crippen molar-refractivity contribution in [1.29, 1.82) is 0 Å². The van der Waals surface area contributed by atoms with Crippen molar-refractivity contribution in [1.82, 2.24) is 20.3 Å². The summed E-state index contributed by atoms with van der Waals surface area (Å²) >= 11 is 0. The van der Waals surface area contributed by atoms with Crippen LogP contribution >= 0.6 is 0 Å². The van der Waals surface area contributed by atoms with E-state index in [2.05, 4.69) is 15.6 Å². The molecule has 1 unspecified atom stereocenters. The van der Waals surface area contributed by atoms with Crippen molar-refractivity contribution < 1.29 is 13.9 Å². The van der Waals surface area contributed by atoms with Crippen molar-refractivity contribution in [2.45, 2.75) is 19.5 Å². The highest BCUT2D eigenvalue weighted by atomic mass is 19.1. The number of carbonyl (C=O) groups excluding carboxylic acids is 1. The normalized spacial score (nSPS) is 12.0. The van der Waals surface area contributed by atoms with E-state index in [9.17, 15) is 14.0 Å². The van der Waals surface area contributed by atoms with Gasteiger partial charge in [0, 0.05) is 0 Å². The highest BCUT2D eigenvalue weighted by Gasteiger charge is 2.14. The predicted molar refractivity (Wildman–Crippen MR) is 93.3 cm³/mol. The first-order chi connectivity index (χ1) is 12.5. The molecule has 1 atom stereocenters. The lowest BCUT2D eigenvalue weighted by Crippen LogP contribution is -2.35. The lowest BCUT2D eigenvalue weighted by Gasteiger charge is -2.15. The van der Waals surface area contributed by atoms with Crippen molar-refractivity contribution in [3.8, 4) is 5.75 Å². The Bertz CT molecular complexity index is 1020. The average Bonchev–Trinajstić information content (AvgIpc) is 2.64. The Hall–Kier alpha value is -3.29. The summed E-state index contributed by atoms with van der Waals surface area (Å²) < 4.78 is 19.7. The first-order valence-corrected chi connectivity index (χ1v) is 7.95. The number of benzene rings is 2. The van der Waals surface area contributed by atoms with E-state index in [1.165, 1.54) is 19.2 Å². The van der Waals surface area contributed by atoms with Gasteiger partial charge in [0.1, 0.15) is 12.1 Å². The van der Waals surface area contributed by atoms with Crippen LogP contribution in [-0.4, -0.2) is 28.0 Å². The zero-order valence-corrected chi connectivity index (χ0v) is 14.3. The highest BCUT2D eigenvalue weighted by Crippen LogP contribution is 2.21. The minimum atomic E-state index is -0.511. The topological polar surface area (TPSA) is 86.1 Å². The second-order valence-corrected chi connectivity index (χ2v) is 5.75. The van der Waals surface area contributed by atoms with Crippen molar-refractivity contribution in [2.24, 2.45) is 0 Å². The van der Waals surface area contributed by atoms with Crippen LogP contribution in [0.3, 0.4) is 0 Å². The summed E-state index contributed by atoms with van der Waals surface area (Å²) in [5, 5.41) is 10.8. The summed E-state index contributed by atoms with van der Waals surface area (Å²) in [6.07, 6.45) is 0. The molecule has 7 nitrogen and oxygen atoms in total. The fraction of sp³-hybridized carbons (Fsp3) is 0.222. The summed E-state index contributed by atoms with van der Waals surface area (Å²) in [5.41, 5.74) is 0.652. The molecule has 1 heterocycles. The first-order valence-electron chi connectivity index (χ1n) is 7.95.